The molecule has 0 aromatic carbocycles. The smallest absolute Gasteiger partial charge is 0.460 e. The maximum Gasteiger partial charge on any atom is 0.471 e. The summed E-state index contributed by atoms with van der Waals surface area (Å²) < 4.78 is 39.3. The second-order valence-electron chi connectivity index (χ2n) is 2.67. The van der Waals surface area contributed by atoms with E-state index in [1.165, 1.54) is 6.92 Å². The Morgan fingerprint density at radius 1 is 1.40 bits per heavy atom. The van der Waals surface area contributed by atoms with Gasteiger partial charge in [0.05, 0.1) is 6.54 Å². The van der Waals surface area contributed by atoms with Crippen LogP contribution in [0.25, 0.3) is 0 Å². The van der Waals surface area contributed by atoms with E-state index in [-0.39, 0.29) is 12.2 Å². The van der Waals surface area contributed by atoms with Crippen molar-refractivity contribution in [3.63, 3.8) is 0 Å². The molecule has 1 N–H and O–H groups in total. The van der Waals surface area contributed by atoms with Crippen molar-refractivity contribution < 1.29 is 27.5 Å². The number of hydrogen-bond donors (Lipinski definition) is 1. The molecule has 0 rings (SSSR count). The molecule has 86 valence electrons. The van der Waals surface area contributed by atoms with Crippen molar-refractivity contribution in [3.05, 3.63) is 12.2 Å². The number of esters is 1. The van der Waals surface area contributed by atoms with Crippen molar-refractivity contribution in [1.29, 1.82) is 0 Å². The zero-order valence-corrected chi connectivity index (χ0v) is 7.98. The third-order valence-corrected chi connectivity index (χ3v) is 1.23. The van der Waals surface area contributed by atoms with Crippen LogP contribution in [0.1, 0.15) is 6.92 Å². The highest BCUT2D eigenvalue weighted by Gasteiger charge is 2.38. The van der Waals surface area contributed by atoms with Crippen molar-refractivity contribution >= 4 is 11.9 Å². The Bertz CT molecular complexity index is 273. The van der Waals surface area contributed by atoms with Crippen molar-refractivity contribution in [2.24, 2.45) is 0 Å². The van der Waals surface area contributed by atoms with Crippen LogP contribution in [0.2, 0.25) is 0 Å². The third kappa shape index (κ3) is 5.71. The molecule has 0 bridgehead atoms. The van der Waals surface area contributed by atoms with Crippen molar-refractivity contribution in [3.8, 4) is 0 Å². The Labute approximate surface area is 84.1 Å². The molecule has 0 aliphatic carbocycles. The lowest BCUT2D eigenvalue weighted by Gasteiger charge is -2.08. The zero-order valence-electron chi connectivity index (χ0n) is 7.98. The van der Waals surface area contributed by atoms with Gasteiger partial charge in [-0.15, -0.1) is 0 Å². The molecule has 15 heavy (non-hydrogen) atoms. The molecule has 0 heterocycles. The monoisotopic (exact) mass is 225 g/mol. The van der Waals surface area contributed by atoms with E-state index in [2.05, 4.69) is 11.3 Å². The standard InChI is InChI=1S/C8H10F3NO3/c1-5(2)6(13)15-4-3-12-7(14)8(9,10)11/h1,3-4H2,2H3,(H,12,14). The van der Waals surface area contributed by atoms with Crippen LogP contribution in [0.5, 0.6) is 0 Å². The van der Waals surface area contributed by atoms with Crippen LogP contribution in [0.3, 0.4) is 0 Å². The topological polar surface area (TPSA) is 55.4 Å². The predicted octanol–water partition coefficient (Wildman–Crippen LogP) is 0.784. The quantitative estimate of drug-likeness (QED) is 0.437. The van der Waals surface area contributed by atoms with Gasteiger partial charge in [-0.25, -0.2) is 4.79 Å². The summed E-state index contributed by atoms with van der Waals surface area (Å²) in [5, 5.41) is 1.55. The minimum Gasteiger partial charge on any atom is -0.460 e. The van der Waals surface area contributed by atoms with Gasteiger partial charge in [-0.3, -0.25) is 4.79 Å². The van der Waals surface area contributed by atoms with E-state index >= 15 is 0 Å². The molecule has 7 heteroatoms. The van der Waals surface area contributed by atoms with Gasteiger partial charge in [0.25, 0.3) is 0 Å². The average molecular weight is 225 g/mol. The summed E-state index contributed by atoms with van der Waals surface area (Å²) in [7, 11) is 0. The molecule has 0 aliphatic heterocycles. The van der Waals surface area contributed by atoms with E-state index < -0.39 is 24.6 Å². The van der Waals surface area contributed by atoms with Crippen LogP contribution in [0.15, 0.2) is 12.2 Å². The Morgan fingerprint density at radius 2 is 1.93 bits per heavy atom. The Hall–Kier alpha value is -1.53. The first-order valence-corrected chi connectivity index (χ1v) is 3.93. The number of amides is 1. The number of carbonyl (C=O) groups is 2. The van der Waals surface area contributed by atoms with Crippen molar-refractivity contribution in [2.45, 2.75) is 13.1 Å². The van der Waals surface area contributed by atoms with Gasteiger partial charge >= 0.3 is 18.1 Å². The van der Waals surface area contributed by atoms with Crippen LogP contribution in [0.4, 0.5) is 13.2 Å². The normalized spacial score (nSPS) is 10.7. The summed E-state index contributed by atoms with van der Waals surface area (Å²) in [6.45, 7) is 3.95. The lowest BCUT2D eigenvalue weighted by atomic mass is 10.4. The van der Waals surface area contributed by atoms with Gasteiger partial charge in [0.15, 0.2) is 0 Å². The zero-order chi connectivity index (χ0) is 12.1. The second-order valence-corrected chi connectivity index (χ2v) is 2.67. The predicted molar refractivity (Wildman–Crippen MR) is 44.8 cm³/mol. The number of rotatable bonds is 4. The lowest BCUT2D eigenvalue weighted by molar-refractivity contribution is -0.173. The van der Waals surface area contributed by atoms with Crippen LogP contribution in [0, 0.1) is 0 Å². The summed E-state index contributed by atoms with van der Waals surface area (Å²) in [5.74, 6) is -2.77. The number of alkyl halides is 3. The first-order chi connectivity index (χ1) is 6.75. The van der Waals surface area contributed by atoms with E-state index in [4.69, 9.17) is 0 Å². The van der Waals surface area contributed by atoms with Gasteiger partial charge in [-0.2, -0.15) is 13.2 Å². The summed E-state index contributed by atoms with van der Waals surface area (Å²) in [5.41, 5.74) is 0.136. The second kappa shape index (κ2) is 5.38. The Morgan fingerprint density at radius 3 is 2.33 bits per heavy atom. The molecule has 0 aromatic rings. The van der Waals surface area contributed by atoms with Crippen LogP contribution < -0.4 is 5.32 Å². The average Bonchev–Trinajstić information content (AvgIpc) is 2.09. The van der Waals surface area contributed by atoms with Crippen molar-refractivity contribution in [1.82, 2.24) is 5.32 Å². The molecule has 0 fully saturated rings. The Kier molecular flexibility index (Phi) is 4.83. The first-order valence-electron chi connectivity index (χ1n) is 3.93. The van der Waals surface area contributed by atoms with Crippen LogP contribution in [-0.2, 0) is 14.3 Å². The number of hydrogen-bond acceptors (Lipinski definition) is 3. The lowest BCUT2D eigenvalue weighted by Crippen LogP contribution is -2.38. The van der Waals surface area contributed by atoms with E-state index in [0.717, 1.165) is 0 Å². The SMILES string of the molecule is C=C(C)C(=O)OCCNC(=O)C(F)(F)F. The highest BCUT2D eigenvalue weighted by atomic mass is 19.4. The van der Waals surface area contributed by atoms with Gasteiger partial charge in [0, 0.05) is 5.57 Å². The molecule has 0 atom stereocenters. The summed E-state index contributed by atoms with van der Waals surface area (Å²) in [6.07, 6.45) is -4.92. The molecular weight excluding hydrogens is 215 g/mol. The fourth-order valence-electron chi connectivity index (χ4n) is 0.532. The fraction of sp³-hybridized carbons (Fsp3) is 0.500. The van der Waals surface area contributed by atoms with Gasteiger partial charge in [-0.05, 0) is 6.92 Å². The van der Waals surface area contributed by atoms with E-state index in [1.807, 2.05) is 0 Å². The van der Waals surface area contributed by atoms with Gasteiger partial charge in [0.2, 0.25) is 0 Å². The van der Waals surface area contributed by atoms with E-state index in [1.54, 1.807) is 5.32 Å². The number of halogens is 3. The molecule has 0 aliphatic rings. The molecule has 0 unspecified atom stereocenters. The number of nitrogens with one attached hydrogen (secondary N) is 1. The molecule has 1 amide bonds. The van der Waals surface area contributed by atoms with Crippen LogP contribution in [-0.4, -0.2) is 31.2 Å². The van der Waals surface area contributed by atoms with Gasteiger partial charge < -0.3 is 10.1 Å². The fourth-order valence-corrected chi connectivity index (χ4v) is 0.532. The highest BCUT2D eigenvalue weighted by Crippen LogP contribution is 2.13. The Balaban J connectivity index is 3.69. The summed E-state index contributed by atoms with van der Waals surface area (Å²) in [6, 6.07) is 0. The van der Waals surface area contributed by atoms with Crippen LogP contribution >= 0.6 is 0 Å². The molecule has 0 aromatic heterocycles. The molecule has 0 radical (unpaired) electrons. The van der Waals surface area contributed by atoms with Gasteiger partial charge in [-0.1, -0.05) is 6.58 Å². The largest absolute Gasteiger partial charge is 0.471 e. The maximum atomic E-state index is 11.6. The molecule has 4 nitrogen and oxygen atoms in total. The van der Waals surface area contributed by atoms with E-state index in [0.29, 0.717) is 0 Å². The number of carbonyl (C=O) groups excluding carboxylic acids is 2. The minimum absolute atomic E-state index is 0.136. The molecular formula is C8H10F3NO3. The summed E-state index contributed by atoms with van der Waals surface area (Å²) >= 11 is 0. The number of ether oxygens (including phenoxy) is 1. The minimum atomic E-state index is -4.92. The van der Waals surface area contributed by atoms with Crippen molar-refractivity contribution in [2.75, 3.05) is 13.2 Å². The molecule has 0 saturated carbocycles. The van der Waals surface area contributed by atoms with E-state index in [9.17, 15) is 22.8 Å². The van der Waals surface area contributed by atoms with Gasteiger partial charge in [0.1, 0.15) is 6.61 Å². The highest BCUT2D eigenvalue weighted by molar-refractivity contribution is 5.87. The maximum absolute atomic E-state index is 11.6. The third-order valence-electron chi connectivity index (χ3n) is 1.23. The molecule has 0 spiro atoms. The molecule has 0 saturated heterocycles. The first kappa shape index (κ1) is 13.5. The summed E-state index contributed by atoms with van der Waals surface area (Å²) in [4.78, 5) is 21.0.